The predicted molar refractivity (Wildman–Crippen MR) is 106 cm³/mol. The number of aromatic amines is 1. The predicted octanol–water partition coefficient (Wildman–Crippen LogP) is -2.56. The fourth-order valence-electron chi connectivity index (χ4n) is 3.91. The van der Waals surface area contributed by atoms with Gasteiger partial charge in [0.1, 0.15) is 12.2 Å². The molecule has 30 heavy (non-hydrogen) atoms. The third-order valence-electron chi connectivity index (χ3n) is 5.49. The monoisotopic (exact) mass is 418 g/mol. The van der Waals surface area contributed by atoms with Crippen molar-refractivity contribution in [3.63, 3.8) is 0 Å². The van der Waals surface area contributed by atoms with Gasteiger partial charge < -0.3 is 26.4 Å². The van der Waals surface area contributed by atoms with Crippen molar-refractivity contribution in [2.75, 3.05) is 12.3 Å². The number of anilines is 1. The molecule has 4 rings (SSSR count). The van der Waals surface area contributed by atoms with Gasteiger partial charge in [-0.3, -0.25) is 23.9 Å². The van der Waals surface area contributed by atoms with Crippen LogP contribution in [-0.2, 0) is 17.6 Å². The van der Waals surface area contributed by atoms with Crippen molar-refractivity contribution in [2.45, 2.75) is 50.2 Å². The van der Waals surface area contributed by atoms with E-state index in [1.165, 1.54) is 10.9 Å². The molecule has 7 N–H and O–H groups in total. The molecule has 160 valence electrons. The molecule has 0 amide bonds. The van der Waals surface area contributed by atoms with Gasteiger partial charge in [0.05, 0.1) is 12.4 Å². The van der Waals surface area contributed by atoms with Gasteiger partial charge in [0.2, 0.25) is 16.8 Å². The summed E-state index contributed by atoms with van der Waals surface area (Å²) < 4.78 is 7.14. The lowest BCUT2D eigenvalue weighted by molar-refractivity contribution is -0.0368. The van der Waals surface area contributed by atoms with E-state index in [4.69, 9.17) is 16.2 Å². The van der Waals surface area contributed by atoms with E-state index in [0.29, 0.717) is 30.5 Å². The first kappa shape index (κ1) is 20.3. The second-order valence-electron chi connectivity index (χ2n) is 7.37. The van der Waals surface area contributed by atoms with Gasteiger partial charge in [0.15, 0.2) is 17.4 Å². The molecule has 12 heteroatoms. The Balaban J connectivity index is 1.52. The molecule has 0 aliphatic carbocycles. The standard InChI is InChI=1S/C18H22N6O6/c19-5-1-2-7-8(12(26)11(7)25)3-4-9-13(27)14(28)17(30-9)24-6-21-10-15(24)22-18(20)23-16(10)29/h6,9,13-14,17,27-28H,1-5,19H2,(H3,20,22,23,29)/t9-,13-,14-,17-/m1/s1. The molecule has 3 aromatic rings. The summed E-state index contributed by atoms with van der Waals surface area (Å²) >= 11 is 0. The summed E-state index contributed by atoms with van der Waals surface area (Å²) in [6.07, 6.45) is -1.63. The molecule has 1 aliphatic heterocycles. The number of nitrogens with two attached hydrogens (primary N) is 2. The lowest BCUT2D eigenvalue weighted by Gasteiger charge is -2.17. The Morgan fingerprint density at radius 3 is 2.53 bits per heavy atom. The first-order chi connectivity index (χ1) is 14.3. The van der Waals surface area contributed by atoms with Crippen molar-refractivity contribution in [3.05, 3.63) is 48.3 Å². The first-order valence-corrected chi connectivity index (χ1v) is 9.58. The Hall–Kier alpha value is -2.93. The number of H-pyrrole nitrogens is 1. The molecular formula is C18H22N6O6. The number of hydrogen-bond acceptors (Lipinski definition) is 10. The third-order valence-corrected chi connectivity index (χ3v) is 5.49. The molecule has 4 atom stereocenters. The van der Waals surface area contributed by atoms with E-state index < -0.39 is 41.0 Å². The summed E-state index contributed by atoms with van der Waals surface area (Å²) in [4.78, 5) is 45.9. The van der Waals surface area contributed by atoms with Gasteiger partial charge in [0.25, 0.3) is 5.56 Å². The number of hydrogen-bond donors (Lipinski definition) is 5. The van der Waals surface area contributed by atoms with Gasteiger partial charge in [-0.2, -0.15) is 4.98 Å². The second kappa shape index (κ2) is 7.72. The van der Waals surface area contributed by atoms with E-state index >= 15 is 0 Å². The molecule has 0 saturated carbocycles. The molecule has 0 unspecified atom stereocenters. The van der Waals surface area contributed by atoms with Gasteiger partial charge in [-0.1, -0.05) is 0 Å². The van der Waals surface area contributed by atoms with Crippen molar-refractivity contribution in [1.29, 1.82) is 0 Å². The van der Waals surface area contributed by atoms with Crippen LogP contribution in [0.2, 0.25) is 0 Å². The molecule has 1 fully saturated rings. The second-order valence-corrected chi connectivity index (χ2v) is 7.37. The molecule has 0 bridgehead atoms. The summed E-state index contributed by atoms with van der Waals surface area (Å²) in [7, 11) is 0. The van der Waals surface area contributed by atoms with Gasteiger partial charge in [0, 0.05) is 11.1 Å². The van der Waals surface area contributed by atoms with E-state index in [1.807, 2.05) is 0 Å². The van der Waals surface area contributed by atoms with Gasteiger partial charge in [-0.25, -0.2) is 4.98 Å². The molecule has 1 saturated heterocycles. The van der Waals surface area contributed by atoms with Crippen molar-refractivity contribution >= 4 is 17.1 Å². The number of aromatic nitrogens is 4. The topological polar surface area (TPSA) is 199 Å². The quantitative estimate of drug-likeness (QED) is 0.254. The minimum Gasteiger partial charge on any atom is -0.388 e. The molecule has 1 aliphatic rings. The van der Waals surface area contributed by atoms with Crippen LogP contribution in [0.3, 0.4) is 0 Å². The molecule has 12 nitrogen and oxygen atoms in total. The number of nitrogens with one attached hydrogen (secondary N) is 1. The lowest BCUT2D eigenvalue weighted by atomic mass is 9.91. The minimum absolute atomic E-state index is 0.0196. The average Bonchev–Trinajstić information content (AvgIpc) is 3.25. The van der Waals surface area contributed by atoms with E-state index in [1.54, 1.807) is 0 Å². The smallest absolute Gasteiger partial charge is 0.280 e. The van der Waals surface area contributed by atoms with Crippen LogP contribution in [0.4, 0.5) is 5.95 Å². The van der Waals surface area contributed by atoms with Gasteiger partial charge >= 0.3 is 0 Å². The molecule has 0 spiro atoms. The highest BCUT2D eigenvalue weighted by Crippen LogP contribution is 2.33. The van der Waals surface area contributed by atoms with E-state index in [-0.39, 0.29) is 30.0 Å². The van der Waals surface area contributed by atoms with Crippen LogP contribution in [0, 0.1) is 0 Å². The SMILES string of the molecule is NCCCc1c(CC[C@H]2O[C@@H](n3cnc4c(=O)[nH]c(N)nc43)[C@H](O)[C@@H]2O)c(=O)c1=O. The number of ether oxygens (including phenoxy) is 1. The normalized spacial score (nSPS) is 24.2. The van der Waals surface area contributed by atoms with Crippen LogP contribution >= 0.6 is 0 Å². The summed E-state index contributed by atoms with van der Waals surface area (Å²) in [6, 6.07) is 0. The van der Waals surface area contributed by atoms with Crippen LogP contribution < -0.4 is 27.9 Å². The Morgan fingerprint density at radius 1 is 1.13 bits per heavy atom. The fourth-order valence-corrected chi connectivity index (χ4v) is 3.91. The third kappa shape index (κ3) is 3.23. The van der Waals surface area contributed by atoms with Crippen molar-refractivity contribution < 1.29 is 14.9 Å². The number of nitrogens with zero attached hydrogens (tertiary/aromatic N) is 3. The molecule has 0 radical (unpaired) electrons. The van der Waals surface area contributed by atoms with E-state index in [2.05, 4.69) is 15.0 Å². The first-order valence-electron chi connectivity index (χ1n) is 9.58. The summed E-state index contributed by atoms with van der Waals surface area (Å²) in [5, 5.41) is 20.9. The van der Waals surface area contributed by atoms with Crippen LogP contribution in [0.15, 0.2) is 20.7 Å². The minimum atomic E-state index is -1.32. The molecule has 2 aromatic heterocycles. The molecular weight excluding hydrogens is 396 g/mol. The number of nitrogen functional groups attached to an aromatic ring is 1. The maximum Gasteiger partial charge on any atom is 0.280 e. The highest BCUT2D eigenvalue weighted by molar-refractivity contribution is 5.70. The molecule has 1 aromatic carbocycles. The van der Waals surface area contributed by atoms with Crippen molar-refractivity contribution in [1.82, 2.24) is 19.5 Å². The zero-order valence-electron chi connectivity index (χ0n) is 15.9. The van der Waals surface area contributed by atoms with Crippen LogP contribution in [0.5, 0.6) is 0 Å². The van der Waals surface area contributed by atoms with E-state index in [0.717, 1.165) is 0 Å². The van der Waals surface area contributed by atoms with Gasteiger partial charge in [-0.15, -0.1) is 0 Å². The Labute approximate surface area is 168 Å². The van der Waals surface area contributed by atoms with Crippen molar-refractivity contribution in [3.8, 4) is 0 Å². The fraction of sp³-hybridized carbons (Fsp3) is 0.500. The highest BCUT2D eigenvalue weighted by atomic mass is 16.6. The van der Waals surface area contributed by atoms with Gasteiger partial charge in [-0.05, 0) is 32.2 Å². The van der Waals surface area contributed by atoms with Crippen molar-refractivity contribution in [2.24, 2.45) is 5.73 Å². The highest BCUT2D eigenvalue weighted by Gasteiger charge is 2.44. The van der Waals surface area contributed by atoms with Crippen LogP contribution in [-0.4, -0.2) is 54.6 Å². The average molecular weight is 418 g/mol. The Kier molecular flexibility index (Phi) is 5.24. The summed E-state index contributed by atoms with van der Waals surface area (Å²) in [5.74, 6) is -0.121. The number of fused-ring (bicyclic) bond motifs is 1. The Morgan fingerprint density at radius 2 is 1.83 bits per heavy atom. The molecule has 3 heterocycles. The van der Waals surface area contributed by atoms with E-state index in [9.17, 15) is 24.6 Å². The number of aliphatic hydroxyl groups excluding tert-OH is 2. The van der Waals surface area contributed by atoms with Crippen LogP contribution in [0.25, 0.3) is 11.2 Å². The summed E-state index contributed by atoms with van der Waals surface area (Å²) in [5.41, 5.74) is 10.5. The zero-order valence-corrected chi connectivity index (χ0v) is 15.9. The zero-order chi connectivity index (χ0) is 21.6. The number of rotatable bonds is 7. The number of aliphatic hydroxyl groups is 2. The maximum atomic E-state index is 11.9. The number of imidazole rings is 1. The lowest BCUT2D eigenvalue weighted by Crippen LogP contribution is -2.41. The maximum absolute atomic E-state index is 11.9. The van der Waals surface area contributed by atoms with Crippen LogP contribution in [0.1, 0.15) is 30.2 Å². The summed E-state index contributed by atoms with van der Waals surface area (Å²) in [6.45, 7) is 0.414. The Bertz CT molecular complexity index is 1210. The largest absolute Gasteiger partial charge is 0.388 e.